The van der Waals surface area contributed by atoms with Crippen LogP contribution in [0.25, 0.3) is 28.0 Å². The van der Waals surface area contributed by atoms with E-state index in [1.807, 2.05) is 13.8 Å². The van der Waals surface area contributed by atoms with E-state index in [0.29, 0.717) is 11.4 Å². The number of nitrogens with zero attached hydrogens (tertiary/aromatic N) is 5. The lowest BCUT2D eigenvalue weighted by atomic mass is 10.0. The van der Waals surface area contributed by atoms with Gasteiger partial charge in [-0.05, 0) is 44.2 Å². The van der Waals surface area contributed by atoms with Gasteiger partial charge in [-0.2, -0.15) is 10.2 Å². The average Bonchev–Trinajstić information content (AvgIpc) is 3.02. The van der Waals surface area contributed by atoms with Gasteiger partial charge in [0, 0.05) is 24.0 Å². The van der Waals surface area contributed by atoms with Gasteiger partial charge in [-0.1, -0.05) is 0 Å². The van der Waals surface area contributed by atoms with Gasteiger partial charge in [-0.25, -0.2) is 9.20 Å². The zero-order valence-electron chi connectivity index (χ0n) is 14.4. The molecule has 0 spiro atoms. The summed E-state index contributed by atoms with van der Waals surface area (Å²) in [5, 5.41) is 18.8. The molecule has 130 valence electrons. The van der Waals surface area contributed by atoms with E-state index in [9.17, 15) is 9.90 Å². The predicted molar refractivity (Wildman–Crippen MR) is 98.0 cm³/mol. The third-order valence-electron chi connectivity index (χ3n) is 4.15. The van der Waals surface area contributed by atoms with Gasteiger partial charge in [0.25, 0.3) is 5.56 Å². The van der Waals surface area contributed by atoms with Crippen molar-refractivity contribution in [3.63, 3.8) is 0 Å². The van der Waals surface area contributed by atoms with Crippen LogP contribution in [0.5, 0.6) is 5.75 Å². The molecule has 0 saturated heterocycles. The molecule has 0 radical (unpaired) electrons. The molecule has 26 heavy (non-hydrogen) atoms. The van der Waals surface area contributed by atoms with Crippen molar-refractivity contribution >= 4 is 5.52 Å². The zero-order chi connectivity index (χ0) is 18.3. The fraction of sp³-hybridized carbons (Fsp3) is 0.158. The highest BCUT2D eigenvalue weighted by atomic mass is 16.3. The van der Waals surface area contributed by atoms with E-state index in [-0.39, 0.29) is 17.4 Å². The largest absolute Gasteiger partial charge is 0.508 e. The SMILES string of the molecule is CC(C)n1nc(-c2c(-c3ccc(O)cc3)nn3ccncc23)ccc1=O. The van der Waals surface area contributed by atoms with Crippen molar-refractivity contribution in [2.75, 3.05) is 0 Å². The summed E-state index contributed by atoms with van der Waals surface area (Å²) in [5.41, 5.74) is 3.62. The van der Waals surface area contributed by atoms with E-state index in [2.05, 4.69) is 15.2 Å². The Kier molecular flexibility index (Phi) is 3.76. The highest BCUT2D eigenvalue weighted by molar-refractivity contribution is 5.90. The molecule has 7 heteroatoms. The lowest BCUT2D eigenvalue weighted by Gasteiger charge is -2.10. The molecule has 7 nitrogen and oxygen atoms in total. The second kappa shape index (κ2) is 6.11. The normalized spacial score (nSPS) is 11.3. The highest BCUT2D eigenvalue weighted by Gasteiger charge is 2.19. The second-order valence-corrected chi connectivity index (χ2v) is 6.27. The highest BCUT2D eigenvalue weighted by Crippen LogP contribution is 2.34. The fourth-order valence-corrected chi connectivity index (χ4v) is 2.90. The molecule has 4 rings (SSSR count). The molecule has 3 heterocycles. The van der Waals surface area contributed by atoms with Crippen molar-refractivity contribution in [1.82, 2.24) is 24.4 Å². The number of rotatable bonds is 3. The minimum Gasteiger partial charge on any atom is -0.508 e. The first kappa shape index (κ1) is 16.0. The lowest BCUT2D eigenvalue weighted by Crippen LogP contribution is -2.23. The summed E-state index contributed by atoms with van der Waals surface area (Å²) in [6.07, 6.45) is 5.15. The molecule has 4 aromatic rings. The zero-order valence-corrected chi connectivity index (χ0v) is 14.4. The van der Waals surface area contributed by atoms with E-state index >= 15 is 0 Å². The summed E-state index contributed by atoms with van der Waals surface area (Å²) in [7, 11) is 0. The Labute approximate surface area is 149 Å². The van der Waals surface area contributed by atoms with E-state index in [0.717, 1.165) is 16.6 Å². The van der Waals surface area contributed by atoms with Gasteiger partial charge < -0.3 is 5.11 Å². The third-order valence-corrected chi connectivity index (χ3v) is 4.15. The number of phenols is 1. The van der Waals surface area contributed by atoms with E-state index in [1.165, 1.54) is 10.7 Å². The first-order valence-corrected chi connectivity index (χ1v) is 8.26. The summed E-state index contributed by atoms with van der Waals surface area (Å²) in [6.45, 7) is 3.83. The number of hydrogen-bond acceptors (Lipinski definition) is 5. The summed E-state index contributed by atoms with van der Waals surface area (Å²) in [6, 6.07) is 9.99. The molecule has 0 aliphatic rings. The lowest BCUT2D eigenvalue weighted by molar-refractivity contribution is 0.475. The van der Waals surface area contributed by atoms with Gasteiger partial charge in [0.1, 0.15) is 11.4 Å². The Morgan fingerprint density at radius 3 is 2.54 bits per heavy atom. The number of hydrogen-bond donors (Lipinski definition) is 1. The van der Waals surface area contributed by atoms with Gasteiger partial charge in [-0.3, -0.25) is 9.78 Å². The van der Waals surface area contributed by atoms with Crippen LogP contribution in [0.3, 0.4) is 0 Å². The summed E-state index contributed by atoms with van der Waals surface area (Å²) in [4.78, 5) is 16.3. The van der Waals surface area contributed by atoms with Crippen LogP contribution in [0.15, 0.2) is 59.8 Å². The fourth-order valence-electron chi connectivity index (χ4n) is 2.90. The van der Waals surface area contributed by atoms with Crippen molar-refractivity contribution in [3.05, 3.63) is 65.3 Å². The first-order valence-electron chi connectivity index (χ1n) is 8.26. The molecule has 3 aromatic heterocycles. The third kappa shape index (κ3) is 2.63. The van der Waals surface area contributed by atoms with Crippen LogP contribution in [-0.4, -0.2) is 29.5 Å². The topological polar surface area (TPSA) is 85.3 Å². The molecule has 0 aliphatic carbocycles. The molecule has 1 aromatic carbocycles. The molecule has 0 amide bonds. The van der Waals surface area contributed by atoms with Gasteiger partial charge >= 0.3 is 0 Å². The number of phenolic OH excluding ortho intramolecular Hbond substituents is 1. The van der Waals surface area contributed by atoms with Crippen molar-refractivity contribution in [2.24, 2.45) is 0 Å². The number of aromatic nitrogens is 5. The number of aromatic hydroxyl groups is 1. The van der Waals surface area contributed by atoms with Crippen LogP contribution in [0, 0.1) is 0 Å². The maximum Gasteiger partial charge on any atom is 0.267 e. The van der Waals surface area contributed by atoms with Crippen LogP contribution in [-0.2, 0) is 0 Å². The van der Waals surface area contributed by atoms with Gasteiger partial charge in [0.2, 0.25) is 0 Å². The average molecular weight is 347 g/mol. The van der Waals surface area contributed by atoms with Crippen LogP contribution < -0.4 is 5.56 Å². The molecule has 0 saturated carbocycles. The monoisotopic (exact) mass is 347 g/mol. The summed E-state index contributed by atoms with van der Waals surface area (Å²) >= 11 is 0. The smallest absolute Gasteiger partial charge is 0.267 e. The quantitative estimate of drug-likeness (QED) is 0.616. The molecular formula is C19H17N5O2. The summed E-state index contributed by atoms with van der Waals surface area (Å²) in [5.74, 6) is 0.187. The maximum absolute atomic E-state index is 12.1. The molecule has 0 aliphatic heterocycles. The molecular weight excluding hydrogens is 330 g/mol. The van der Waals surface area contributed by atoms with E-state index < -0.39 is 0 Å². The van der Waals surface area contributed by atoms with Crippen LogP contribution >= 0.6 is 0 Å². The first-order chi connectivity index (χ1) is 12.5. The van der Waals surface area contributed by atoms with Crippen LogP contribution in [0.4, 0.5) is 0 Å². The minimum atomic E-state index is -0.149. The molecule has 0 fully saturated rings. The number of fused-ring (bicyclic) bond motifs is 1. The Hall–Kier alpha value is -3.48. The van der Waals surface area contributed by atoms with E-state index in [1.54, 1.807) is 53.4 Å². The molecule has 0 atom stereocenters. The van der Waals surface area contributed by atoms with Crippen molar-refractivity contribution in [2.45, 2.75) is 19.9 Å². The van der Waals surface area contributed by atoms with Gasteiger partial charge in [0.15, 0.2) is 0 Å². The molecule has 1 N–H and O–H groups in total. The van der Waals surface area contributed by atoms with Gasteiger partial charge in [-0.15, -0.1) is 0 Å². The molecule has 0 bridgehead atoms. The van der Waals surface area contributed by atoms with Gasteiger partial charge in [0.05, 0.1) is 29.0 Å². The molecule has 0 unspecified atom stereocenters. The Balaban J connectivity index is 2.02. The van der Waals surface area contributed by atoms with Crippen LogP contribution in [0.1, 0.15) is 19.9 Å². The van der Waals surface area contributed by atoms with Crippen molar-refractivity contribution < 1.29 is 5.11 Å². The maximum atomic E-state index is 12.1. The summed E-state index contributed by atoms with van der Waals surface area (Å²) < 4.78 is 3.19. The minimum absolute atomic E-state index is 0.0560. The van der Waals surface area contributed by atoms with Crippen molar-refractivity contribution in [3.8, 4) is 28.3 Å². The standard InChI is InChI=1S/C19H17N5O2/c1-12(2)24-17(26)8-7-15(21-24)18-16-11-20-9-10-23(16)22-19(18)13-3-5-14(25)6-4-13/h3-12,25H,1-2H3. The Bertz CT molecular complexity index is 1140. The van der Waals surface area contributed by atoms with Crippen LogP contribution in [0.2, 0.25) is 0 Å². The predicted octanol–water partition coefficient (Wildman–Crippen LogP) is 2.91. The van der Waals surface area contributed by atoms with E-state index in [4.69, 9.17) is 0 Å². The number of benzene rings is 1. The second-order valence-electron chi connectivity index (χ2n) is 6.27. The van der Waals surface area contributed by atoms with Crippen molar-refractivity contribution in [1.29, 1.82) is 0 Å². The Morgan fingerprint density at radius 1 is 1.04 bits per heavy atom. The Morgan fingerprint density at radius 2 is 1.81 bits per heavy atom.